The van der Waals surface area contributed by atoms with Crippen molar-refractivity contribution in [3.05, 3.63) is 59.7 Å². The summed E-state index contributed by atoms with van der Waals surface area (Å²) >= 11 is 0. The first kappa shape index (κ1) is 18.8. The van der Waals surface area contributed by atoms with Crippen LogP contribution in [0.5, 0.6) is 11.5 Å². The monoisotopic (exact) mass is 415 g/mol. The summed E-state index contributed by atoms with van der Waals surface area (Å²) in [4.78, 5) is 25.1. The summed E-state index contributed by atoms with van der Waals surface area (Å²) in [6, 6.07) is 13.1. The molecule has 3 aliphatic rings. The van der Waals surface area contributed by atoms with E-state index in [0.717, 1.165) is 5.56 Å². The van der Waals surface area contributed by atoms with Gasteiger partial charge in [0.2, 0.25) is 11.8 Å². The topological polar surface area (TPSA) is 88.7 Å². The molecule has 2 fully saturated rings. The van der Waals surface area contributed by atoms with E-state index in [-0.39, 0.29) is 29.7 Å². The molecule has 2 aromatic carbocycles. The summed E-state index contributed by atoms with van der Waals surface area (Å²) in [7, 11) is 0. The second kappa shape index (κ2) is 6.66. The van der Waals surface area contributed by atoms with Gasteiger partial charge in [0.05, 0.1) is 18.0 Å². The van der Waals surface area contributed by atoms with E-state index in [4.69, 9.17) is 0 Å². The van der Waals surface area contributed by atoms with E-state index in [2.05, 4.69) is 25.4 Å². The number of carbonyl (C=O) groups excluding carboxylic acids is 2. The standard InChI is InChI=1S/C21H19F2N3O4/c22-21(23)29-15-7-6-13(10-16(15)30-21)20(8-9-20)26-19(28)14-11-17(27)25-18(24-14)12-4-2-1-3-5-12/h1-7,10,14,18,24H,8-9,11H2,(H,25,27)(H,26,28). The van der Waals surface area contributed by atoms with Gasteiger partial charge in [-0.15, -0.1) is 8.78 Å². The van der Waals surface area contributed by atoms with Gasteiger partial charge in [-0.2, -0.15) is 0 Å². The van der Waals surface area contributed by atoms with E-state index in [1.165, 1.54) is 12.1 Å². The lowest BCUT2D eigenvalue weighted by atomic mass is 10.0. The van der Waals surface area contributed by atoms with Crippen LogP contribution in [0, 0.1) is 0 Å². The molecule has 5 rings (SSSR count). The molecule has 0 aromatic heterocycles. The Bertz CT molecular complexity index is 1010. The van der Waals surface area contributed by atoms with E-state index in [0.29, 0.717) is 18.4 Å². The van der Waals surface area contributed by atoms with Gasteiger partial charge in [-0.1, -0.05) is 36.4 Å². The van der Waals surface area contributed by atoms with Crippen molar-refractivity contribution in [1.29, 1.82) is 0 Å². The van der Waals surface area contributed by atoms with Gasteiger partial charge in [0, 0.05) is 0 Å². The number of hydrogen-bond acceptors (Lipinski definition) is 5. The first-order valence-electron chi connectivity index (χ1n) is 9.66. The molecular weight excluding hydrogens is 396 g/mol. The van der Waals surface area contributed by atoms with Crippen molar-refractivity contribution in [2.75, 3.05) is 0 Å². The molecule has 0 radical (unpaired) electrons. The molecular formula is C21H19F2N3O4. The van der Waals surface area contributed by atoms with Crippen LogP contribution in [0.1, 0.15) is 36.6 Å². The Kier molecular flexibility index (Phi) is 4.18. The molecule has 2 aromatic rings. The van der Waals surface area contributed by atoms with Gasteiger partial charge >= 0.3 is 6.29 Å². The van der Waals surface area contributed by atoms with Crippen molar-refractivity contribution < 1.29 is 27.8 Å². The summed E-state index contributed by atoms with van der Waals surface area (Å²) in [5.41, 5.74) is 0.850. The minimum Gasteiger partial charge on any atom is -0.395 e. The van der Waals surface area contributed by atoms with Gasteiger partial charge in [0.1, 0.15) is 6.17 Å². The number of nitrogens with one attached hydrogen (secondary N) is 3. The number of hydrogen-bond donors (Lipinski definition) is 3. The largest absolute Gasteiger partial charge is 0.586 e. The number of fused-ring (bicyclic) bond motifs is 1. The van der Waals surface area contributed by atoms with E-state index in [1.807, 2.05) is 30.3 Å². The zero-order chi connectivity index (χ0) is 20.9. The summed E-state index contributed by atoms with van der Waals surface area (Å²) < 4.78 is 35.5. The fourth-order valence-electron chi connectivity index (χ4n) is 3.88. The van der Waals surface area contributed by atoms with Gasteiger partial charge < -0.3 is 20.1 Å². The Morgan fingerprint density at radius 3 is 2.53 bits per heavy atom. The Morgan fingerprint density at radius 1 is 1.07 bits per heavy atom. The van der Waals surface area contributed by atoms with Crippen LogP contribution in [0.25, 0.3) is 0 Å². The summed E-state index contributed by atoms with van der Waals surface area (Å²) in [5, 5.41) is 8.99. The van der Waals surface area contributed by atoms with Gasteiger partial charge in [-0.25, -0.2) is 0 Å². The number of benzene rings is 2. The molecule has 2 unspecified atom stereocenters. The molecule has 1 saturated heterocycles. The van der Waals surface area contributed by atoms with Crippen molar-refractivity contribution >= 4 is 11.8 Å². The number of halogens is 2. The molecule has 0 spiro atoms. The zero-order valence-corrected chi connectivity index (χ0v) is 15.8. The van der Waals surface area contributed by atoms with Crippen molar-refractivity contribution in [2.45, 2.75) is 43.3 Å². The van der Waals surface area contributed by atoms with Crippen LogP contribution in [0.2, 0.25) is 0 Å². The summed E-state index contributed by atoms with van der Waals surface area (Å²) in [5.74, 6) is -0.635. The fraction of sp³-hybridized carbons (Fsp3) is 0.333. The number of alkyl halides is 2. The molecule has 0 bridgehead atoms. The molecule has 1 saturated carbocycles. The average molecular weight is 415 g/mol. The smallest absolute Gasteiger partial charge is 0.395 e. The third-order valence-electron chi connectivity index (χ3n) is 5.58. The van der Waals surface area contributed by atoms with Crippen LogP contribution in [0.4, 0.5) is 8.78 Å². The van der Waals surface area contributed by atoms with E-state index < -0.39 is 24.0 Å². The Labute approximate surface area is 170 Å². The highest BCUT2D eigenvalue weighted by Gasteiger charge is 2.49. The highest BCUT2D eigenvalue weighted by Crippen LogP contribution is 2.50. The second-order valence-electron chi connectivity index (χ2n) is 7.73. The molecule has 2 heterocycles. The van der Waals surface area contributed by atoms with Crippen LogP contribution in [0.15, 0.2) is 48.5 Å². The lowest BCUT2D eigenvalue weighted by Gasteiger charge is -2.32. The van der Waals surface area contributed by atoms with Crippen molar-refractivity contribution in [2.24, 2.45) is 0 Å². The van der Waals surface area contributed by atoms with Crippen molar-refractivity contribution in [3.8, 4) is 11.5 Å². The van der Waals surface area contributed by atoms with Gasteiger partial charge in [0.25, 0.3) is 0 Å². The van der Waals surface area contributed by atoms with E-state index in [9.17, 15) is 18.4 Å². The molecule has 2 aliphatic heterocycles. The van der Waals surface area contributed by atoms with E-state index in [1.54, 1.807) is 6.07 Å². The second-order valence-corrected chi connectivity index (χ2v) is 7.73. The highest BCUT2D eigenvalue weighted by atomic mass is 19.3. The van der Waals surface area contributed by atoms with E-state index >= 15 is 0 Å². The predicted molar refractivity (Wildman–Crippen MR) is 101 cm³/mol. The molecule has 9 heteroatoms. The lowest BCUT2D eigenvalue weighted by molar-refractivity contribution is -0.286. The minimum absolute atomic E-state index is 0.0125. The quantitative estimate of drug-likeness (QED) is 0.713. The van der Waals surface area contributed by atoms with Gasteiger partial charge in [-0.3, -0.25) is 14.9 Å². The number of carbonyl (C=O) groups is 2. The van der Waals surface area contributed by atoms with Crippen LogP contribution in [-0.2, 0) is 15.1 Å². The zero-order valence-electron chi connectivity index (χ0n) is 15.8. The van der Waals surface area contributed by atoms with Crippen molar-refractivity contribution in [1.82, 2.24) is 16.0 Å². The van der Waals surface area contributed by atoms with Crippen LogP contribution in [0.3, 0.4) is 0 Å². The Balaban J connectivity index is 1.31. The fourth-order valence-corrected chi connectivity index (χ4v) is 3.88. The average Bonchev–Trinajstić information content (AvgIpc) is 3.42. The van der Waals surface area contributed by atoms with Gasteiger partial charge in [0.15, 0.2) is 11.5 Å². The molecule has 2 atom stereocenters. The SMILES string of the molecule is O=C1CC(C(=O)NC2(c3ccc4c(c3)OC(F)(F)O4)CC2)NC(c2ccccc2)N1. The van der Waals surface area contributed by atoms with Crippen LogP contribution < -0.4 is 25.4 Å². The molecule has 30 heavy (non-hydrogen) atoms. The third kappa shape index (κ3) is 3.45. The van der Waals surface area contributed by atoms with Crippen LogP contribution >= 0.6 is 0 Å². The number of rotatable bonds is 4. The first-order valence-corrected chi connectivity index (χ1v) is 9.66. The predicted octanol–water partition coefficient (Wildman–Crippen LogP) is 2.29. The molecule has 7 nitrogen and oxygen atoms in total. The Morgan fingerprint density at radius 2 is 1.80 bits per heavy atom. The summed E-state index contributed by atoms with van der Waals surface area (Å²) in [6.07, 6.45) is -2.82. The number of ether oxygens (including phenoxy) is 2. The number of amides is 2. The normalized spacial score (nSPS) is 25.3. The maximum Gasteiger partial charge on any atom is 0.586 e. The lowest BCUT2D eigenvalue weighted by Crippen LogP contribution is -2.57. The maximum atomic E-state index is 13.3. The molecule has 2 amide bonds. The van der Waals surface area contributed by atoms with Gasteiger partial charge in [-0.05, 0) is 36.1 Å². The van der Waals surface area contributed by atoms with Crippen LogP contribution in [-0.4, -0.2) is 24.2 Å². The summed E-state index contributed by atoms with van der Waals surface area (Å²) in [6.45, 7) is 0. The van der Waals surface area contributed by atoms with Crippen molar-refractivity contribution in [3.63, 3.8) is 0 Å². The molecule has 1 aliphatic carbocycles. The third-order valence-corrected chi connectivity index (χ3v) is 5.58. The first-order chi connectivity index (χ1) is 14.3. The Hall–Kier alpha value is -3.20. The highest BCUT2D eigenvalue weighted by molar-refractivity contribution is 5.90. The maximum absolute atomic E-state index is 13.3. The molecule has 156 valence electrons. The minimum atomic E-state index is -3.69. The molecule has 3 N–H and O–H groups in total.